The Morgan fingerprint density at radius 1 is 1.10 bits per heavy atom. The Bertz CT molecular complexity index is 831. The molecule has 1 atom stereocenters. The average Bonchev–Trinajstić information content (AvgIpc) is 3.49. The zero-order valence-electron chi connectivity index (χ0n) is 16.0. The van der Waals surface area contributed by atoms with Crippen molar-refractivity contribution in [3.05, 3.63) is 37.9 Å². The van der Waals surface area contributed by atoms with Gasteiger partial charge in [0.1, 0.15) is 0 Å². The van der Waals surface area contributed by atoms with Crippen LogP contribution in [-0.2, 0) is 11.0 Å². The minimum atomic E-state index is -4.96. The highest BCUT2D eigenvalue weighted by Crippen LogP contribution is 2.43. The molecule has 1 heterocycles. The second kappa shape index (κ2) is 8.05. The van der Waals surface area contributed by atoms with Gasteiger partial charge in [0.2, 0.25) is 5.91 Å². The van der Waals surface area contributed by atoms with Crippen LogP contribution in [0.4, 0.5) is 30.2 Å². The minimum absolute atomic E-state index is 0.0914. The van der Waals surface area contributed by atoms with Gasteiger partial charge in [0.15, 0.2) is 5.69 Å². The standard InChI is InChI=1S/C17H20F3N5O5/c1-10(16(26)21-12-2-3-12)22-4-6-23(7-5-22)15-13(24(27)28)8-11(17(18,19)20)9-14(15)25(29)30/h8-10,12H,2-7H2,1H3,(H,21,26). The number of hydrogen-bond acceptors (Lipinski definition) is 7. The molecule has 30 heavy (non-hydrogen) atoms. The molecule has 1 amide bonds. The number of alkyl halides is 3. The molecule has 1 saturated heterocycles. The van der Waals surface area contributed by atoms with Gasteiger partial charge >= 0.3 is 6.18 Å². The van der Waals surface area contributed by atoms with Gasteiger partial charge in [-0.05, 0) is 19.8 Å². The van der Waals surface area contributed by atoms with Gasteiger partial charge in [-0.2, -0.15) is 13.2 Å². The zero-order chi connectivity index (χ0) is 22.2. The number of benzene rings is 1. The van der Waals surface area contributed by atoms with Crippen LogP contribution in [0.15, 0.2) is 12.1 Å². The van der Waals surface area contributed by atoms with Crippen LogP contribution in [0.3, 0.4) is 0 Å². The molecule has 13 heteroatoms. The fourth-order valence-corrected chi connectivity index (χ4v) is 3.42. The van der Waals surface area contributed by atoms with Crippen LogP contribution < -0.4 is 10.2 Å². The van der Waals surface area contributed by atoms with Gasteiger partial charge in [0, 0.05) is 44.4 Å². The highest BCUT2D eigenvalue weighted by atomic mass is 19.4. The second-order valence-electron chi connectivity index (χ2n) is 7.36. The maximum absolute atomic E-state index is 13.1. The van der Waals surface area contributed by atoms with Gasteiger partial charge in [-0.25, -0.2) is 0 Å². The first-order chi connectivity index (χ1) is 14.0. The maximum atomic E-state index is 13.1. The van der Waals surface area contributed by atoms with Crippen molar-refractivity contribution in [3.63, 3.8) is 0 Å². The monoisotopic (exact) mass is 431 g/mol. The summed E-state index contributed by atoms with van der Waals surface area (Å²) in [6, 6.07) is 0.380. The number of nitro groups is 2. The van der Waals surface area contributed by atoms with Gasteiger partial charge in [-0.3, -0.25) is 29.9 Å². The number of carbonyl (C=O) groups excluding carboxylic acids is 1. The number of amides is 1. The fourth-order valence-electron chi connectivity index (χ4n) is 3.42. The normalized spacial score (nSPS) is 18.7. The molecular formula is C17H20F3N5O5. The summed E-state index contributed by atoms with van der Waals surface area (Å²) in [6.45, 7) is 2.45. The van der Waals surface area contributed by atoms with Gasteiger partial charge in [-0.15, -0.1) is 0 Å². The SMILES string of the molecule is CC(C(=O)NC1CC1)N1CCN(c2c([N+](=O)[O-])cc(C(F)(F)F)cc2[N+](=O)[O-])CC1. The predicted octanol–water partition coefficient (Wildman–Crippen LogP) is 2.31. The minimum Gasteiger partial charge on any atom is -0.358 e. The number of nitro benzene ring substituents is 2. The van der Waals surface area contributed by atoms with Gasteiger partial charge in [-0.1, -0.05) is 0 Å². The highest BCUT2D eigenvalue weighted by molar-refractivity contribution is 5.82. The zero-order valence-corrected chi connectivity index (χ0v) is 16.0. The van der Waals surface area contributed by atoms with Gasteiger partial charge in [0.25, 0.3) is 11.4 Å². The molecule has 1 unspecified atom stereocenters. The average molecular weight is 431 g/mol. The Hall–Kier alpha value is -2.96. The van der Waals surface area contributed by atoms with Crippen LogP contribution >= 0.6 is 0 Å². The lowest BCUT2D eigenvalue weighted by Gasteiger charge is -2.38. The topological polar surface area (TPSA) is 122 Å². The van der Waals surface area contributed by atoms with E-state index in [4.69, 9.17) is 0 Å². The Morgan fingerprint density at radius 2 is 1.60 bits per heavy atom. The predicted molar refractivity (Wildman–Crippen MR) is 99.2 cm³/mol. The molecule has 1 N–H and O–H groups in total. The van der Waals surface area contributed by atoms with E-state index in [1.165, 1.54) is 4.90 Å². The molecule has 164 valence electrons. The molecule has 0 bridgehead atoms. The summed E-state index contributed by atoms with van der Waals surface area (Å²) in [5.74, 6) is -0.141. The molecule has 2 fully saturated rings. The van der Waals surface area contributed by atoms with Crippen molar-refractivity contribution in [1.82, 2.24) is 10.2 Å². The maximum Gasteiger partial charge on any atom is 0.416 e. The Labute approximate surface area is 168 Å². The van der Waals surface area contributed by atoms with Crippen LogP contribution in [-0.4, -0.2) is 58.9 Å². The summed E-state index contributed by atoms with van der Waals surface area (Å²) in [4.78, 5) is 36.1. The third-order valence-corrected chi connectivity index (χ3v) is 5.27. The van der Waals surface area contributed by atoms with Crippen LogP contribution in [0.2, 0.25) is 0 Å². The van der Waals surface area contributed by atoms with E-state index < -0.39 is 44.7 Å². The van der Waals surface area contributed by atoms with E-state index in [0.717, 1.165) is 12.8 Å². The molecule has 0 radical (unpaired) electrons. The first-order valence-electron chi connectivity index (χ1n) is 9.32. The van der Waals surface area contributed by atoms with Crippen LogP contribution in [0, 0.1) is 20.2 Å². The van der Waals surface area contributed by atoms with E-state index in [9.17, 15) is 38.2 Å². The van der Waals surface area contributed by atoms with Crippen molar-refractivity contribution < 1.29 is 27.8 Å². The summed E-state index contributed by atoms with van der Waals surface area (Å²) < 4.78 is 39.2. The summed E-state index contributed by atoms with van der Waals surface area (Å²) in [5, 5.41) is 25.7. The molecule has 1 aromatic carbocycles. The number of piperazine rings is 1. The summed E-state index contributed by atoms with van der Waals surface area (Å²) in [5.41, 5.74) is -3.84. The molecule has 1 aliphatic heterocycles. The van der Waals surface area contributed by atoms with E-state index in [2.05, 4.69) is 5.32 Å². The highest BCUT2D eigenvalue weighted by Gasteiger charge is 2.40. The van der Waals surface area contributed by atoms with Crippen LogP contribution in [0.1, 0.15) is 25.3 Å². The van der Waals surface area contributed by atoms with Crippen molar-refractivity contribution in [2.24, 2.45) is 0 Å². The number of rotatable bonds is 6. The van der Waals surface area contributed by atoms with Crippen molar-refractivity contribution in [2.75, 3.05) is 31.1 Å². The summed E-state index contributed by atoms with van der Waals surface area (Å²) >= 11 is 0. The lowest BCUT2D eigenvalue weighted by Crippen LogP contribution is -2.54. The number of anilines is 1. The van der Waals surface area contributed by atoms with Gasteiger partial charge < -0.3 is 10.2 Å². The third-order valence-electron chi connectivity index (χ3n) is 5.27. The molecule has 3 rings (SSSR count). The third kappa shape index (κ3) is 4.61. The molecule has 1 aromatic rings. The van der Waals surface area contributed by atoms with Crippen molar-refractivity contribution in [3.8, 4) is 0 Å². The molecule has 0 aromatic heterocycles. The largest absolute Gasteiger partial charge is 0.416 e. The van der Waals surface area contributed by atoms with Gasteiger partial charge in [0.05, 0.1) is 21.5 Å². The van der Waals surface area contributed by atoms with E-state index in [-0.39, 0.29) is 38.1 Å². The van der Waals surface area contributed by atoms with Crippen LogP contribution in [0.5, 0.6) is 0 Å². The molecule has 10 nitrogen and oxygen atoms in total. The summed E-state index contributed by atoms with van der Waals surface area (Å²) in [6.07, 6.45) is -3.09. The van der Waals surface area contributed by atoms with E-state index >= 15 is 0 Å². The fraction of sp³-hybridized carbons (Fsp3) is 0.588. The number of nitrogens with zero attached hydrogens (tertiary/aromatic N) is 4. The number of carbonyl (C=O) groups is 1. The number of hydrogen-bond donors (Lipinski definition) is 1. The Morgan fingerprint density at radius 3 is 2.00 bits per heavy atom. The lowest BCUT2D eigenvalue weighted by atomic mass is 10.1. The Balaban J connectivity index is 1.84. The van der Waals surface area contributed by atoms with E-state index in [1.54, 1.807) is 6.92 Å². The van der Waals surface area contributed by atoms with Crippen molar-refractivity contribution in [2.45, 2.75) is 38.0 Å². The number of halogens is 3. The second-order valence-corrected chi connectivity index (χ2v) is 7.36. The first-order valence-corrected chi connectivity index (χ1v) is 9.32. The first kappa shape index (κ1) is 21.7. The van der Waals surface area contributed by atoms with Crippen molar-refractivity contribution >= 4 is 23.0 Å². The molecule has 2 aliphatic rings. The Kier molecular flexibility index (Phi) is 5.83. The quantitative estimate of drug-likeness (QED) is 0.542. The van der Waals surface area contributed by atoms with E-state index in [1.807, 2.05) is 4.90 Å². The van der Waals surface area contributed by atoms with E-state index in [0.29, 0.717) is 12.1 Å². The summed E-state index contributed by atoms with van der Waals surface area (Å²) in [7, 11) is 0. The molecule has 0 spiro atoms. The smallest absolute Gasteiger partial charge is 0.358 e. The van der Waals surface area contributed by atoms with Crippen molar-refractivity contribution in [1.29, 1.82) is 0 Å². The molecular weight excluding hydrogens is 411 g/mol. The lowest BCUT2D eigenvalue weighted by molar-refractivity contribution is -0.393. The number of nitrogens with one attached hydrogen (secondary N) is 1. The van der Waals surface area contributed by atoms with Crippen LogP contribution in [0.25, 0.3) is 0 Å². The molecule has 1 aliphatic carbocycles. The molecule has 1 saturated carbocycles.